The minimum atomic E-state index is -0.429. The molecule has 1 heterocycles. The predicted octanol–water partition coefficient (Wildman–Crippen LogP) is 4.07. The van der Waals surface area contributed by atoms with Crippen LogP contribution < -0.4 is 10.6 Å². The predicted molar refractivity (Wildman–Crippen MR) is 107 cm³/mol. The van der Waals surface area contributed by atoms with Crippen molar-refractivity contribution in [2.45, 2.75) is 13.5 Å². The molecule has 1 amide bonds. The van der Waals surface area contributed by atoms with E-state index in [0.29, 0.717) is 16.9 Å². The molecule has 0 bridgehead atoms. The first-order valence-electron chi connectivity index (χ1n) is 9.08. The molecule has 3 aromatic rings. The monoisotopic (exact) mass is 393 g/mol. The maximum absolute atomic E-state index is 13.0. The standard InChI is InChI=1S/C22H20FN3O3/c1-2-29-22(28)18-5-3-4-6-19(18)26-17-11-12-24-20(13-17)21(27)25-14-15-7-9-16(23)10-8-15/h3-13H,2,14H2,1H3,(H,24,26)(H,25,27). The SMILES string of the molecule is CCOC(=O)c1ccccc1Nc1ccnc(C(=O)NCc2ccc(F)cc2)c1. The molecule has 6 nitrogen and oxygen atoms in total. The van der Waals surface area contributed by atoms with Gasteiger partial charge in [-0.3, -0.25) is 9.78 Å². The molecule has 148 valence electrons. The third-order valence-electron chi connectivity index (χ3n) is 4.06. The van der Waals surface area contributed by atoms with Crippen LogP contribution in [0.3, 0.4) is 0 Å². The number of carbonyl (C=O) groups is 2. The van der Waals surface area contributed by atoms with E-state index in [-0.39, 0.29) is 30.6 Å². The molecule has 2 N–H and O–H groups in total. The molecule has 0 aliphatic carbocycles. The van der Waals surface area contributed by atoms with Crippen LogP contribution >= 0.6 is 0 Å². The van der Waals surface area contributed by atoms with Crippen molar-refractivity contribution in [2.24, 2.45) is 0 Å². The second-order valence-electron chi connectivity index (χ2n) is 6.13. The summed E-state index contributed by atoms with van der Waals surface area (Å²) in [7, 11) is 0. The zero-order valence-corrected chi connectivity index (χ0v) is 15.8. The maximum atomic E-state index is 13.0. The van der Waals surface area contributed by atoms with Crippen molar-refractivity contribution < 1.29 is 18.7 Å². The number of ether oxygens (including phenoxy) is 1. The number of benzene rings is 2. The fraction of sp³-hybridized carbons (Fsp3) is 0.136. The van der Waals surface area contributed by atoms with E-state index in [4.69, 9.17) is 4.74 Å². The van der Waals surface area contributed by atoms with E-state index in [1.165, 1.54) is 18.3 Å². The number of aromatic nitrogens is 1. The molecular weight excluding hydrogens is 373 g/mol. The number of amides is 1. The Labute approximate surface area is 167 Å². The second-order valence-corrected chi connectivity index (χ2v) is 6.13. The molecule has 1 aromatic heterocycles. The van der Waals surface area contributed by atoms with E-state index in [0.717, 1.165) is 5.56 Å². The van der Waals surface area contributed by atoms with Crippen LogP contribution in [0.4, 0.5) is 15.8 Å². The lowest BCUT2D eigenvalue weighted by atomic mass is 10.1. The van der Waals surface area contributed by atoms with Gasteiger partial charge >= 0.3 is 5.97 Å². The number of hydrogen-bond acceptors (Lipinski definition) is 5. The van der Waals surface area contributed by atoms with Gasteiger partial charge in [-0.2, -0.15) is 0 Å². The topological polar surface area (TPSA) is 80.3 Å². The van der Waals surface area contributed by atoms with Crippen LogP contribution in [0.25, 0.3) is 0 Å². The van der Waals surface area contributed by atoms with Crippen LogP contribution in [0.1, 0.15) is 33.3 Å². The number of nitrogens with zero attached hydrogens (tertiary/aromatic N) is 1. The molecule has 0 fully saturated rings. The number of para-hydroxylation sites is 1. The number of nitrogens with one attached hydrogen (secondary N) is 2. The van der Waals surface area contributed by atoms with Crippen molar-refractivity contribution in [1.82, 2.24) is 10.3 Å². The fourth-order valence-corrected chi connectivity index (χ4v) is 2.64. The van der Waals surface area contributed by atoms with Crippen LogP contribution in [-0.4, -0.2) is 23.5 Å². The van der Waals surface area contributed by atoms with Gasteiger partial charge in [-0.25, -0.2) is 9.18 Å². The first-order valence-corrected chi connectivity index (χ1v) is 9.08. The Kier molecular flexibility index (Phi) is 6.52. The Morgan fingerprint density at radius 3 is 2.59 bits per heavy atom. The molecule has 7 heteroatoms. The van der Waals surface area contributed by atoms with Gasteiger partial charge in [-0.1, -0.05) is 24.3 Å². The van der Waals surface area contributed by atoms with Crippen molar-refractivity contribution in [2.75, 3.05) is 11.9 Å². The van der Waals surface area contributed by atoms with Gasteiger partial charge in [0.2, 0.25) is 0 Å². The largest absolute Gasteiger partial charge is 0.462 e. The van der Waals surface area contributed by atoms with Crippen molar-refractivity contribution in [1.29, 1.82) is 0 Å². The summed E-state index contributed by atoms with van der Waals surface area (Å²) in [4.78, 5) is 28.6. The number of esters is 1. The highest BCUT2D eigenvalue weighted by molar-refractivity contribution is 5.97. The molecule has 0 atom stereocenters. The first-order chi connectivity index (χ1) is 14.1. The van der Waals surface area contributed by atoms with E-state index >= 15 is 0 Å². The fourth-order valence-electron chi connectivity index (χ4n) is 2.64. The van der Waals surface area contributed by atoms with Crippen molar-refractivity contribution in [3.05, 3.63) is 89.5 Å². The van der Waals surface area contributed by atoms with Gasteiger partial charge in [0.1, 0.15) is 11.5 Å². The van der Waals surface area contributed by atoms with Crippen LogP contribution in [0.15, 0.2) is 66.9 Å². The molecule has 29 heavy (non-hydrogen) atoms. The third-order valence-corrected chi connectivity index (χ3v) is 4.06. The summed E-state index contributed by atoms with van der Waals surface area (Å²) in [6.45, 7) is 2.28. The lowest BCUT2D eigenvalue weighted by molar-refractivity contribution is 0.0527. The molecule has 0 radical (unpaired) electrons. The number of carbonyl (C=O) groups excluding carboxylic acids is 2. The summed E-state index contributed by atoms with van der Waals surface area (Å²) in [5, 5.41) is 5.87. The summed E-state index contributed by atoms with van der Waals surface area (Å²) < 4.78 is 18.0. The highest BCUT2D eigenvalue weighted by atomic mass is 19.1. The summed E-state index contributed by atoms with van der Waals surface area (Å²) in [6, 6.07) is 16.1. The summed E-state index contributed by atoms with van der Waals surface area (Å²) >= 11 is 0. The van der Waals surface area contributed by atoms with E-state index in [9.17, 15) is 14.0 Å². The van der Waals surface area contributed by atoms with E-state index in [2.05, 4.69) is 15.6 Å². The van der Waals surface area contributed by atoms with Gasteiger partial charge < -0.3 is 15.4 Å². The smallest absolute Gasteiger partial charge is 0.340 e. The van der Waals surface area contributed by atoms with Gasteiger partial charge in [-0.15, -0.1) is 0 Å². The number of pyridine rings is 1. The molecule has 3 rings (SSSR count). The minimum Gasteiger partial charge on any atom is -0.462 e. The second kappa shape index (κ2) is 9.45. The van der Waals surface area contributed by atoms with E-state index < -0.39 is 5.97 Å². The van der Waals surface area contributed by atoms with Crippen LogP contribution in [0, 0.1) is 5.82 Å². The summed E-state index contributed by atoms with van der Waals surface area (Å²) in [5.74, 6) is -1.12. The van der Waals surface area contributed by atoms with Crippen molar-refractivity contribution in [3.63, 3.8) is 0 Å². The molecule has 2 aromatic carbocycles. The molecule has 0 saturated heterocycles. The Balaban J connectivity index is 1.70. The maximum Gasteiger partial charge on any atom is 0.340 e. The van der Waals surface area contributed by atoms with Gasteiger partial charge in [0.05, 0.1) is 17.9 Å². The average molecular weight is 393 g/mol. The molecule has 0 aliphatic heterocycles. The Morgan fingerprint density at radius 1 is 1.07 bits per heavy atom. The quantitative estimate of drug-likeness (QED) is 0.592. The molecule has 0 saturated carbocycles. The van der Waals surface area contributed by atoms with Crippen molar-refractivity contribution in [3.8, 4) is 0 Å². The number of anilines is 2. The zero-order valence-electron chi connectivity index (χ0n) is 15.8. The van der Waals surface area contributed by atoms with E-state index in [1.807, 2.05) is 0 Å². The lowest BCUT2D eigenvalue weighted by Crippen LogP contribution is -2.23. The number of rotatable bonds is 7. The van der Waals surface area contributed by atoms with Gasteiger partial charge in [0, 0.05) is 18.4 Å². The van der Waals surface area contributed by atoms with Crippen molar-refractivity contribution >= 4 is 23.3 Å². The van der Waals surface area contributed by atoms with E-state index in [1.54, 1.807) is 55.5 Å². The highest BCUT2D eigenvalue weighted by Crippen LogP contribution is 2.22. The Bertz CT molecular complexity index is 1010. The number of hydrogen-bond donors (Lipinski definition) is 2. The Morgan fingerprint density at radius 2 is 1.83 bits per heavy atom. The summed E-state index contributed by atoms with van der Waals surface area (Å²) in [6.07, 6.45) is 1.50. The molecule has 0 spiro atoms. The van der Waals surface area contributed by atoms with Gasteiger partial charge in [-0.05, 0) is 48.9 Å². The summed E-state index contributed by atoms with van der Waals surface area (Å²) in [5.41, 5.74) is 2.55. The van der Waals surface area contributed by atoms with Crippen LogP contribution in [0.5, 0.6) is 0 Å². The van der Waals surface area contributed by atoms with Crippen LogP contribution in [-0.2, 0) is 11.3 Å². The number of halogens is 1. The zero-order chi connectivity index (χ0) is 20.6. The van der Waals surface area contributed by atoms with Crippen LogP contribution in [0.2, 0.25) is 0 Å². The molecular formula is C22H20FN3O3. The Hall–Kier alpha value is -3.74. The molecule has 0 aliphatic rings. The highest BCUT2D eigenvalue weighted by Gasteiger charge is 2.13. The minimum absolute atomic E-state index is 0.214. The lowest BCUT2D eigenvalue weighted by Gasteiger charge is -2.12. The van der Waals surface area contributed by atoms with Gasteiger partial charge in [0.15, 0.2) is 0 Å². The van der Waals surface area contributed by atoms with Gasteiger partial charge in [0.25, 0.3) is 5.91 Å². The third kappa shape index (κ3) is 5.38. The molecule has 0 unspecified atom stereocenters. The normalized spacial score (nSPS) is 10.3. The first kappa shape index (κ1) is 20.0. The average Bonchev–Trinajstić information content (AvgIpc) is 2.74.